The number of anilines is 1. The van der Waals surface area contributed by atoms with Crippen LogP contribution in [-0.2, 0) is 6.54 Å². The second kappa shape index (κ2) is 5.71. The first-order valence-electron chi connectivity index (χ1n) is 5.60. The fourth-order valence-electron chi connectivity index (χ4n) is 1.58. The number of nitrogens with zero attached hydrogens (tertiary/aromatic N) is 1. The Morgan fingerprint density at radius 1 is 1.33 bits per heavy atom. The molecule has 1 heterocycles. The van der Waals surface area contributed by atoms with Crippen LogP contribution in [-0.4, -0.2) is 12.1 Å². The van der Waals surface area contributed by atoms with Crippen molar-refractivity contribution in [2.75, 3.05) is 12.4 Å². The van der Waals surface area contributed by atoms with Crippen molar-refractivity contribution in [1.82, 2.24) is 4.98 Å². The maximum atomic E-state index is 5.23. The second-order valence-electron chi connectivity index (χ2n) is 3.98. The van der Waals surface area contributed by atoms with Crippen LogP contribution in [0.1, 0.15) is 15.6 Å². The first kappa shape index (κ1) is 13.4. The molecule has 0 amide bonds. The van der Waals surface area contributed by atoms with E-state index in [9.17, 15) is 0 Å². The molecule has 0 atom stereocenters. The molecule has 5 heteroatoms. The summed E-state index contributed by atoms with van der Waals surface area (Å²) in [5.41, 5.74) is 2.13. The maximum absolute atomic E-state index is 5.23. The van der Waals surface area contributed by atoms with Crippen LogP contribution in [0.4, 0.5) is 5.69 Å². The monoisotopic (exact) mass is 326 g/mol. The lowest BCUT2D eigenvalue weighted by molar-refractivity contribution is 0.414. The number of rotatable bonds is 4. The average molecular weight is 327 g/mol. The molecular formula is C13H15BrN2OS. The molecule has 0 radical (unpaired) electrons. The van der Waals surface area contributed by atoms with E-state index in [1.54, 1.807) is 18.4 Å². The molecule has 3 nitrogen and oxygen atoms in total. The lowest BCUT2D eigenvalue weighted by atomic mass is 10.3. The SMILES string of the molecule is COc1cc(Br)cc(NCc2nc(C)c(C)s2)c1. The van der Waals surface area contributed by atoms with E-state index >= 15 is 0 Å². The topological polar surface area (TPSA) is 34.1 Å². The Kier molecular flexibility index (Phi) is 4.24. The van der Waals surface area contributed by atoms with Gasteiger partial charge >= 0.3 is 0 Å². The van der Waals surface area contributed by atoms with Crippen molar-refractivity contribution in [2.24, 2.45) is 0 Å². The first-order chi connectivity index (χ1) is 8.58. The van der Waals surface area contributed by atoms with Crippen LogP contribution < -0.4 is 10.1 Å². The number of hydrogen-bond donors (Lipinski definition) is 1. The minimum absolute atomic E-state index is 0.735. The van der Waals surface area contributed by atoms with Gasteiger partial charge in [-0.1, -0.05) is 15.9 Å². The highest BCUT2D eigenvalue weighted by molar-refractivity contribution is 9.10. The standard InChI is InChI=1S/C13H15BrN2OS/c1-8-9(2)18-13(16-8)7-15-11-4-10(14)5-12(6-11)17-3/h4-6,15H,7H2,1-3H3. The van der Waals surface area contributed by atoms with E-state index in [0.29, 0.717) is 0 Å². The summed E-state index contributed by atoms with van der Waals surface area (Å²) in [6, 6.07) is 5.93. The van der Waals surface area contributed by atoms with E-state index in [2.05, 4.69) is 33.2 Å². The van der Waals surface area contributed by atoms with Gasteiger partial charge < -0.3 is 10.1 Å². The molecule has 1 aromatic carbocycles. The number of nitrogens with one attached hydrogen (secondary N) is 1. The predicted molar refractivity (Wildman–Crippen MR) is 79.6 cm³/mol. The van der Waals surface area contributed by atoms with Gasteiger partial charge in [0.1, 0.15) is 10.8 Å². The highest BCUT2D eigenvalue weighted by Gasteiger charge is 2.04. The Hall–Kier alpha value is -1.07. The van der Waals surface area contributed by atoms with Crippen molar-refractivity contribution < 1.29 is 4.74 Å². The van der Waals surface area contributed by atoms with E-state index in [4.69, 9.17) is 4.74 Å². The highest BCUT2D eigenvalue weighted by Crippen LogP contribution is 2.25. The van der Waals surface area contributed by atoms with Crippen LogP contribution in [0.3, 0.4) is 0 Å². The molecule has 1 N–H and O–H groups in total. The summed E-state index contributed by atoms with van der Waals surface area (Å²) in [6.45, 7) is 4.87. The average Bonchev–Trinajstić information content (AvgIpc) is 2.65. The summed E-state index contributed by atoms with van der Waals surface area (Å²) in [7, 11) is 1.67. The Morgan fingerprint density at radius 3 is 2.72 bits per heavy atom. The van der Waals surface area contributed by atoms with Crippen LogP contribution in [0.5, 0.6) is 5.75 Å². The molecule has 1 aromatic heterocycles. The summed E-state index contributed by atoms with van der Waals surface area (Å²) in [4.78, 5) is 5.78. The zero-order valence-electron chi connectivity index (χ0n) is 10.6. The third kappa shape index (κ3) is 3.23. The minimum atomic E-state index is 0.735. The molecule has 18 heavy (non-hydrogen) atoms. The highest BCUT2D eigenvalue weighted by atomic mass is 79.9. The van der Waals surface area contributed by atoms with Gasteiger partial charge in [0.05, 0.1) is 19.3 Å². The normalized spacial score (nSPS) is 10.4. The minimum Gasteiger partial charge on any atom is -0.497 e. The second-order valence-corrected chi connectivity index (χ2v) is 6.19. The number of benzene rings is 1. The molecule has 0 unspecified atom stereocenters. The van der Waals surface area contributed by atoms with Crippen LogP contribution in [0.25, 0.3) is 0 Å². The van der Waals surface area contributed by atoms with Gasteiger partial charge in [0.15, 0.2) is 0 Å². The zero-order chi connectivity index (χ0) is 13.1. The lowest BCUT2D eigenvalue weighted by Gasteiger charge is -2.07. The summed E-state index contributed by atoms with van der Waals surface area (Å²) in [6.07, 6.45) is 0. The Balaban J connectivity index is 2.07. The first-order valence-corrected chi connectivity index (χ1v) is 7.21. The maximum Gasteiger partial charge on any atom is 0.122 e. The van der Waals surface area contributed by atoms with E-state index in [-0.39, 0.29) is 0 Å². The third-order valence-corrected chi connectivity index (χ3v) is 4.15. The quantitative estimate of drug-likeness (QED) is 0.916. The molecule has 0 aliphatic heterocycles. The van der Waals surface area contributed by atoms with Crippen molar-refractivity contribution in [1.29, 1.82) is 0 Å². The number of aromatic nitrogens is 1. The molecule has 2 rings (SSSR count). The fraction of sp³-hybridized carbons (Fsp3) is 0.308. The summed E-state index contributed by atoms with van der Waals surface area (Å²) < 4.78 is 6.22. The summed E-state index contributed by atoms with van der Waals surface area (Å²) >= 11 is 5.19. The molecule has 0 spiro atoms. The fourth-order valence-corrected chi connectivity index (χ4v) is 2.92. The number of hydrogen-bond acceptors (Lipinski definition) is 4. The van der Waals surface area contributed by atoms with Crippen LogP contribution in [0, 0.1) is 13.8 Å². The van der Waals surface area contributed by atoms with Gasteiger partial charge in [-0.15, -0.1) is 11.3 Å². The third-order valence-electron chi connectivity index (χ3n) is 2.62. The van der Waals surface area contributed by atoms with E-state index in [1.165, 1.54) is 4.88 Å². The number of methoxy groups -OCH3 is 1. The van der Waals surface area contributed by atoms with Crippen molar-refractivity contribution >= 4 is 33.0 Å². The lowest BCUT2D eigenvalue weighted by Crippen LogP contribution is -1.99. The molecule has 0 saturated heterocycles. The molecule has 0 fully saturated rings. The number of thiazole rings is 1. The number of aryl methyl sites for hydroxylation is 2. The van der Waals surface area contributed by atoms with Crippen molar-refractivity contribution in [2.45, 2.75) is 20.4 Å². The van der Waals surface area contributed by atoms with Crippen molar-refractivity contribution in [3.8, 4) is 5.75 Å². The number of halogens is 1. The van der Waals surface area contributed by atoms with Crippen LogP contribution in [0.2, 0.25) is 0 Å². The molecule has 96 valence electrons. The Labute approximate surface area is 119 Å². The summed E-state index contributed by atoms with van der Waals surface area (Å²) in [5, 5.41) is 4.46. The zero-order valence-corrected chi connectivity index (χ0v) is 13.0. The summed E-state index contributed by atoms with van der Waals surface area (Å²) in [5.74, 6) is 0.832. The van der Waals surface area contributed by atoms with Gasteiger partial charge in [-0.2, -0.15) is 0 Å². The molecule has 0 aliphatic carbocycles. The Morgan fingerprint density at radius 2 is 2.11 bits per heavy atom. The van der Waals surface area contributed by atoms with E-state index in [0.717, 1.165) is 33.2 Å². The van der Waals surface area contributed by atoms with Crippen molar-refractivity contribution in [3.63, 3.8) is 0 Å². The molecule has 0 aliphatic rings. The van der Waals surface area contributed by atoms with Gasteiger partial charge in [0.25, 0.3) is 0 Å². The molecule has 0 saturated carbocycles. The van der Waals surface area contributed by atoms with Gasteiger partial charge in [-0.25, -0.2) is 4.98 Å². The van der Waals surface area contributed by atoms with Crippen molar-refractivity contribution in [3.05, 3.63) is 38.3 Å². The molecule has 2 aromatic rings. The van der Waals surface area contributed by atoms with Gasteiger partial charge in [-0.3, -0.25) is 0 Å². The molecule has 0 bridgehead atoms. The smallest absolute Gasteiger partial charge is 0.122 e. The number of ether oxygens (including phenoxy) is 1. The van der Waals surface area contributed by atoms with Crippen LogP contribution in [0.15, 0.2) is 22.7 Å². The van der Waals surface area contributed by atoms with Gasteiger partial charge in [-0.05, 0) is 26.0 Å². The largest absolute Gasteiger partial charge is 0.497 e. The molecular weight excluding hydrogens is 312 g/mol. The van der Waals surface area contributed by atoms with E-state index in [1.807, 2.05) is 25.1 Å². The van der Waals surface area contributed by atoms with Gasteiger partial charge in [0.2, 0.25) is 0 Å². The van der Waals surface area contributed by atoms with Crippen LogP contribution >= 0.6 is 27.3 Å². The van der Waals surface area contributed by atoms with Gasteiger partial charge in [0, 0.05) is 21.1 Å². The Bertz CT molecular complexity index is 534. The predicted octanol–water partition coefficient (Wildman–Crippen LogP) is 4.14. The van der Waals surface area contributed by atoms with E-state index < -0.39 is 0 Å².